The van der Waals surface area contributed by atoms with Crippen LogP contribution >= 0.6 is 0 Å². The number of hydrogen-bond donors (Lipinski definition) is 2. The summed E-state index contributed by atoms with van der Waals surface area (Å²) < 4.78 is 0. The van der Waals surface area contributed by atoms with Crippen molar-refractivity contribution in [2.24, 2.45) is 5.92 Å². The summed E-state index contributed by atoms with van der Waals surface area (Å²) in [7, 11) is 0. The fourth-order valence-corrected chi connectivity index (χ4v) is 2.71. The molecule has 0 bridgehead atoms. The number of fused-ring (bicyclic) bond motifs is 1. The molecule has 7 nitrogen and oxygen atoms in total. The number of nitro groups is 1. The first-order chi connectivity index (χ1) is 12.0. The lowest BCUT2D eigenvalue weighted by atomic mass is 10.0. The van der Waals surface area contributed by atoms with Crippen LogP contribution in [0.15, 0.2) is 42.5 Å². The second kappa shape index (κ2) is 6.61. The zero-order chi connectivity index (χ0) is 18.0. The van der Waals surface area contributed by atoms with Crippen LogP contribution in [0.25, 0.3) is 11.0 Å². The standard InChI is InChI=1S/C18H17N5O2/c1-11(2)17(18-21-13-5-3-4-6-14(13)22-18)20-15-8-7-12(10-19)9-16(15)23(24)25/h3-9,11,17,20H,1-2H3,(H,21,22)/t17-/m1/s1. The molecule has 3 rings (SSSR count). The van der Waals surface area contributed by atoms with Crippen LogP contribution in [0.2, 0.25) is 0 Å². The number of aromatic nitrogens is 2. The molecule has 0 saturated heterocycles. The average molecular weight is 335 g/mol. The Morgan fingerprint density at radius 2 is 2.04 bits per heavy atom. The summed E-state index contributed by atoms with van der Waals surface area (Å²) >= 11 is 0. The molecule has 0 amide bonds. The number of nitriles is 1. The van der Waals surface area contributed by atoms with Crippen LogP contribution in [0.4, 0.5) is 11.4 Å². The first-order valence-electron chi connectivity index (χ1n) is 7.89. The second-order valence-corrected chi connectivity index (χ2v) is 6.11. The van der Waals surface area contributed by atoms with E-state index in [0.29, 0.717) is 5.69 Å². The van der Waals surface area contributed by atoms with Gasteiger partial charge in [0.15, 0.2) is 0 Å². The van der Waals surface area contributed by atoms with Crippen molar-refractivity contribution >= 4 is 22.4 Å². The third kappa shape index (κ3) is 3.28. The van der Waals surface area contributed by atoms with Gasteiger partial charge in [0.05, 0.1) is 33.6 Å². The molecule has 1 atom stereocenters. The Balaban J connectivity index is 2.00. The number of hydrogen-bond acceptors (Lipinski definition) is 5. The molecular formula is C18H17N5O2. The van der Waals surface area contributed by atoms with Gasteiger partial charge >= 0.3 is 0 Å². The van der Waals surface area contributed by atoms with E-state index in [-0.39, 0.29) is 23.2 Å². The number of nitrogens with zero attached hydrogens (tertiary/aromatic N) is 3. The summed E-state index contributed by atoms with van der Waals surface area (Å²) in [6.07, 6.45) is 0. The molecule has 1 aromatic heterocycles. The van der Waals surface area contributed by atoms with Crippen molar-refractivity contribution in [1.29, 1.82) is 5.26 Å². The lowest BCUT2D eigenvalue weighted by Crippen LogP contribution is -2.19. The van der Waals surface area contributed by atoms with Gasteiger partial charge in [-0.05, 0) is 30.2 Å². The summed E-state index contributed by atoms with van der Waals surface area (Å²) in [5, 5.41) is 23.5. The highest BCUT2D eigenvalue weighted by Gasteiger charge is 2.23. The highest BCUT2D eigenvalue weighted by Crippen LogP contribution is 2.32. The zero-order valence-electron chi connectivity index (χ0n) is 13.9. The predicted molar refractivity (Wildman–Crippen MR) is 95.1 cm³/mol. The van der Waals surface area contributed by atoms with E-state index in [4.69, 9.17) is 5.26 Å². The van der Waals surface area contributed by atoms with E-state index in [2.05, 4.69) is 15.3 Å². The highest BCUT2D eigenvalue weighted by molar-refractivity contribution is 5.75. The Morgan fingerprint density at radius 1 is 1.28 bits per heavy atom. The van der Waals surface area contributed by atoms with Crippen molar-refractivity contribution in [3.8, 4) is 6.07 Å². The lowest BCUT2D eigenvalue weighted by Gasteiger charge is -2.21. The maximum atomic E-state index is 11.4. The molecule has 0 spiro atoms. The number of anilines is 1. The van der Waals surface area contributed by atoms with Crippen LogP contribution in [-0.4, -0.2) is 14.9 Å². The highest BCUT2D eigenvalue weighted by atomic mass is 16.6. The maximum absolute atomic E-state index is 11.4. The number of aromatic amines is 1. The third-order valence-corrected chi connectivity index (χ3v) is 4.00. The van der Waals surface area contributed by atoms with Crippen molar-refractivity contribution in [3.05, 3.63) is 64.0 Å². The Morgan fingerprint density at radius 3 is 2.68 bits per heavy atom. The fraction of sp³-hybridized carbons (Fsp3) is 0.222. The summed E-state index contributed by atoms with van der Waals surface area (Å²) in [6.45, 7) is 4.03. The van der Waals surface area contributed by atoms with Crippen LogP contribution < -0.4 is 5.32 Å². The van der Waals surface area contributed by atoms with E-state index < -0.39 is 4.92 Å². The molecule has 2 N–H and O–H groups in total. The lowest BCUT2D eigenvalue weighted by molar-refractivity contribution is -0.384. The Bertz CT molecular complexity index is 938. The molecule has 0 aliphatic heterocycles. The minimum absolute atomic E-state index is 0.124. The number of para-hydroxylation sites is 2. The molecule has 25 heavy (non-hydrogen) atoms. The van der Waals surface area contributed by atoms with E-state index in [1.165, 1.54) is 6.07 Å². The molecule has 0 radical (unpaired) electrons. The van der Waals surface area contributed by atoms with Gasteiger partial charge in [-0.2, -0.15) is 5.26 Å². The van der Waals surface area contributed by atoms with E-state index in [0.717, 1.165) is 16.9 Å². The number of nitro benzene ring substituents is 1. The average Bonchev–Trinajstić information content (AvgIpc) is 3.02. The van der Waals surface area contributed by atoms with E-state index in [9.17, 15) is 10.1 Å². The van der Waals surface area contributed by atoms with Crippen LogP contribution in [0, 0.1) is 27.4 Å². The molecule has 0 saturated carbocycles. The summed E-state index contributed by atoms with van der Waals surface area (Å²) in [5.74, 6) is 0.852. The fourth-order valence-electron chi connectivity index (χ4n) is 2.71. The Hall–Kier alpha value is -3.40. The van der Waals surface area contributed by atoms with Gasteiger partial charge in [-0.1, -0.05) is 26.0 Å². The minimum Gasteiger partial charge on any atom is -0.369 e. The Kier molecular flexibility index (Phi) is 4.35. The Labute approximate surface area is 144 Å². The molecular weight excluding hydrogens is 318 g/mol. The molecule has 126 valence electrons. The van der Waals surface area contributed by atoms with Crippen molar-refractivity contribution < 1.29 is 4.92 Å². The molecule has 0 aliphatic carbocycles. The molecule has 7 heteroatoms. The zero-order valence-corrected chi connectivity index (χ0v) is 13.9. The van der Waals surface area contributed by atoms with E-state index >= 15 is 0 Å². The predicted octanol–water partition coefficient (Wildman–Crippen LogP) is 4.15. The van der Waals surface area contributed by atoms with E-state index in [1.54, 1.807) is 12.1 Å². The van der Waals surface area contributed by atoms with Crippen LogP contribution in [-0.2, 0) is 0 Å². The van der Waals surface area contributed by atoms with Gasteiger partial charge < -0.3 is 10.3 Å². The van der Waals surface area contributed by atoms with Crippen molar-refractivity contribution in [2.45, 2.75) is 19.9 Å². The minimum atomic E-state index is -0.487. The molecule has 3 aromatic rings. The molecule has 0 fully saturated rings. The van der Waals surface area contributed by atoms with E-state index in [1.807, 2.05) is 44.2 Å². The first kappa shape index (κ1) is 16.5. The molecule has 2 aromatic carbocycles. The monoisotopic (exact) mass is 335 g/mol. The molecule has 1 heterocycles. The van der Waals surface area contributed by atoms with Gasteiger partial charge in [0.25, 0.3) is 5.69 Å². The van der Waals surface area contributed by atoms with Crippen LogP contribution in [0.5, 0.6) is 0 Å². The number of rotatable bonds is 5. The van der Waals surface area contributed by atoms with Crippen molar-refractivity contribution in [2.75, 3.05) is 5.32 Å². The van der Waals surface area contributed by atoms with Crippen molar-refractivity contribution in [3.63, 3.8) is 0 Å². The number of nitrogens with one attached hydrogen (secondary N) is 2. The number of benzene rings is 2. The van der Waals surface area contributed by atoms with Gasteiger partial charge in [-0.15, -0.1) is 0 Å². The largest absolute Gasteiger partial charge is 0.369 e. The van der Waals surface area contributed by atoms with Crippen molar-refractivity contribution in [1.82, 2.24) is 9.97 Å². The van der Waals surface area contributed by atoms with Gasteiger partial charge in [-0.3, -0.25) is 10.1 Å². The van der Waals surface area contributed by atoms with Gasteiger partial charge in [-0.25, -0.2) is 4.98 Å². The molecule has 0 unspecified atom stereocenters. The maximum Gasteiger partial charge on any atom is 0.293 e. The van der Waals surface area contributed by atoms with Gasteiger partial charge in [0.2, 0.25) is 0 Å². The third-order valence-electron chi connectivity index (χ3n) is 4.00. The van der Waals surface area contributed by atoms with Crippen LogP contribution in [0.1, 0.15) is 31.3 Å². The first-order valence-corrected chi connectivity index (χ1v) is 7.89. The summed E-state index contributed by atoms with van der Waals surface area (Å²) in [5.41, 5.74) is 2.25. The second-order valence-electron chi connectivity index (χ2n) is 6.11. The summed E-state index contributed by atoms with van der Waals surface area (Å²) in [6, 6.07) is 13.8. The van der Waals surface area contributed by atoms with Crippen LogP contribution in [0.3, 0.4) is 0 Å². The smallest absolute Gasteiger partial charge is 0.293 e. The normalized spacial score (nSPS) is 12.1. The number of imidazole rings is 1. The summed E-state index contributed by atoms with van der Waals surface area (Å²) in [4.78, 5) is 18.7. The van der Waals surface area contributed by atoms with Gasteiger partial charge in [0.1, 0.15) is 11.5 Å². The van der Waals surface area contributed by atoms with Gasteiger partial charge in [0, 0.05) is 6.07 Å². The molecule has 0 aliphatic rings. The topological polar surface area (TPSA) is 108 Å². The number of H-pyrrole nitrogens is 1. The SMILES string of the molecule is CC(C)[C@@H](Nc1ccc(C#N)cc1[N+](=O)[O-])c1nc2ccccc2[nH]1. The quantitative estimate of drug-likeness (QED) is 0.538.